The highest BCUT2D eigenvalue weighted by Gasteiger charge is 2.42. The molecule has 1 aromatic heterocycles. The first-order valence-corrected chi connectivity index (χ1v) is 8.15. The van der Waals surface area contributed by atoms with Crippen LogP contribution in [0.1, 0.15) is 23.3 Å². The van der Waals surface area contributed by atoms with Crippen molar-refractivity contribution in [2.24, 2.45) is 11.8 Å². The Hall–Kier alpha value is -1.88. The lowest BCUT2D eigenvalue weighted by Crippen LogP contribution is -2.29. The molecule has 0 bridgehead atoms. The summed E-state index contributed by atoms with van der Waals surface area (Å²) >= 11 is 1.39. The summed E-state index contributed by atoms with van der Waals surface area (Å²) in [7, 11) is 0. The number of anilines is 1. The van der Waals surface area contributed by atoms with Crippen LogP contribution in [0.4, 0.5) is 5.13 Å². The Labute approximate surface area is 127 Å². The lowest BCUT2D eigenvalue weighted by molar-refractivity contribution is 0.0783. The van der Waals surface area contributed by atoms with Gasteiger partial charge in [-0.2, -0.15) is 0 Å². The fourth-order valence-electron chi connectivity index (χ4n) is 3.34. The highest BCUT2D eigenvalue weighted by Crippen LogP contribution is 2.41. The molecule has 2 atom stereocenters. The molecule has 2 aromatic rings. The summed E-state index contributed by atoms with van der Waals surface area (Å²) in [5.41, 5.74) is 7.39. The van der Waals surface area contributed by atoms with Gasteiger partial charge in [-0.3, -0.25) is 4.79 Å². The number of nitrogens with zero attached hydrogens (tertiary/aromatic N) is 2. The number of fused-ring (bicyclic) bond motifs is 1. The molecule has 4 nitrogen and oxygen atoms in total. The lowest BCUT2D eigenvalue weighted by atomic mass is 9.77. The van der Waals surface area contributed by atoms with Gasteiger partial charge in [0.15, 0.2) is 5.13 Å². The van der Waals surface area contributed by atoms with Crippen molar-refractivity contribution in [2.45, 2.75) is 12.8 Å². The van der Waals surface area contributed by atoms with Crippen molar-refractivity contribution >= 4 is 22.4 Å². The number of benzene rings is 1. The van der Waals surface area contributed by atoms with Gasteiger partial charge in [0.25, 0.3) is 5.91 Å². The Morgan fingerprint density at radius 3 is 2.48 bits per heavy atom. The van der Waals surface area contributed by atoms with E-state index in [9.17, 15) is 4.79 Å². The third-order valence-corrected chi connectivity index (χ3v) is 5.59. The van der Waals surface area contributed by atoms with E-state index in [1.807, 2.05) is 35.2 Å². The monoisotopic (exact) mass is 299 g/mol. The van der Waals surface area contributed by atoms with E-state index in [0.717, 1.165) is 23.5 Å². The maximum atomic E-state index is 12.8. The first-order chi connectivity index (χ1) is 10.2. The van der Waals surface area contributed by atoms with Crippen LogP contribution in [-0.4, -0.2) is 28.9 Å². The maximum absolute atomic E-state index is 12.8. The van der Waals surface area contributed by atoms with Crippen LogP contribution in [0.2, 0.25) is 0 Å². The van der Waals surface area contributed by atoms with E-state index in [-0.39, 0.29) is 5.91 Å². The predicted octanol–water partition coefficient (Wildman–Crippen LogP) is 2.87. The molecule has 0 spiro atoms. The molecule has 1 aromatic carbocycles. The summed E-state index contributed by atoms with van der Waals surface area (Å²) < 4.78 is 0. The van der Waals surface area contributed by atoms with Crippen LogP contribution in [0.15, 0.2) is 30.3 Å². The first-order valence-electron chi connectivity index (χ1n) is 7.33. The molecule has 2 aliphatic rings. The molecule has 0 radical (unpaired) electrons. The Kier molecular flexibility index (Phi) is 2.96. The van der Waals surface area contributed by atoms with Crippen molar-refractivity contribution in [1.82, 2.24) is 9.88 Å². The zero-order valence-corrected chi connectivity index (χ0v) is 12.5. The molecule has 108 valence electrons. The number of hydrogen-bond donors (Lipinski definition) is 1. The molecule has 2 fully saturated rings. The second-order valence-electron chi connectivity index (χ2n) is 5.90. The number of likely N-dealkylation sites (tertiary alicyclic amines) is 1. The molecule has 21 heavy (non-hydrogen) atoms. The van der Waals surface area contributed by atoms with Gasteiger partial charge in [0.2, 0.25) is 0 Å². The molecular formula is C16H17N3OS. The summed E-state index contributed by atoms with van der Waals surface area (Å²) in [4.78, 5) is 19.9. The molecule has 1 amide bonds. The SMILES string of the molecule is Nc1nc(C(=O)N2C[C@H]3CC[C@H]3C2)c(-c2ccccc2)s1. The van der Waals surface area contributed by atoms with E-state index in [1.165, 1.54) is 24.2 Å². The number of rotatable bonds is 2. The Morgan fingerprint density at radius 2 is 1.86 bits per heavy atom. The van der Waals surface area contributed by atoms with Crippen LogP contribution in [0, 0.1) is 11.8 Å². The topological polar surface area (TPSA) is 59.2 Å². The minimum absolute atomic E-state index is 0.0382. The standard InChI is InChI=1S/C16H17N3OS/c17-16-18-13(14(21-16)10-4-2-1-3-5-10)15(20)19-8-11-6-7-12(11)9-19/h1-5,11-12H,6-9H2,(H2,17,18)/t11-,12+. The normalized spacial score (nSPS) is 23.7. The zero-order chi connectivity index (χ0) is 14.4. The van der Waals surface area contributed by atoms with Gasteiger partial charge < -0.3 is 10.6 Å². The van der Waals surface area contributed by atoms with Crippen molar-refractivity contribution < 1.29 is 4.79 Å². The van der Waals surface area contributed by atoms with Gasteiger partial charge in [0.05, 0.1) is 4.88 Å². The van der Waals surface area contributed by atoms with E-state index in [2.05, 4.69) is 4.98 Å². The second kappa shape index (κ2) is 4.84. The fraction of sp³-hybridized carbons (Fsp3) is 0.375. The van der Waals surface area contributed by atoms with Gasteiger partial charge in [-0.1, -0.05) is 41.7 Å². The molecule has 5 heteroatoms. The van der Waals surface area contributed by atoms with Crippen LogP contribution in [0.3, 0.4) is 0 Å². The third kappa shape index (κ3) is 2.12. The van der Waals surface area contributed by atoms with Crippen molar-refractivity contribution in [1.29, 1.82) is 0 Å². The summed E-state index contributed by atoms with van der Waals surface area (Å²) in [5.74, 6) is 1.46. The average Bonchev–Trinajstić information content (AvgIpc) is 3.01. The van der Waals surface area contributed by atoms with Crippen LogP contribution in [-0.2, 0) is 0 Å². The first kappa shape index (κ1) is 12.8. The summed E-state index contributed by atoms with van der Waals surface area (Å²) in [5, 5.41) is 0.458. The van der Waals surface area contributed by atoms with Gasteiger partial charge in [0, 0.05) is 13.1 Å². The average molecular weight is 299 g/mol. The van der Waals surface area contributed by atoms with E-state index in [0.29, 0.717) is 22.7 Å². The highest BCUT2D eigenvalue weighted by molar-refractivity contribution is 7.19. The highest BCUT2D eigenvalue weighted by atomic mass is 32.1. The van der Waals surface area contributed by atoms with Crippen molar-refractivity contribution in [3.8, 4) is 10.4 Å². The second-order valence-corrected chi connectivity index (χ2v) is 6.93. The van der Waals surface area contributed by atoms with E-state index in [4.69, 9.17) is 5.73 Å². The van der Waals surface area contributed by atoms with Crippen LogP contribution < -0.4 is 5.73 Å². The van der Waals surface area contributed by atoms with Gasteiger partial charge in [-0.25, -0.2) is 4.98 Å². The maximum Gasteiger partial charge on any atom is 0.274 e. The van der Waals surface area contributed by atoms with Crippen molar-refractivity contribution in [2.75, 3.05) is 18.8 Å². The predicted molar refractivity (Wildman–Crippen MR) is 84.1 cm³/mol. The van der Waals surface area contributed by atoms with Gasteiger partial charge in [-0.05, 0) is 30.2 Å². The third-order valence-electron chi connectivity index (χ3n) is 4.65. The number of nitrogens with two attached hydrogens (primary N) is 1. The number of carbonyl (C=O) groups is 1. The Bertz CT molecular complexity index is 670. The van der Waals surface area contributed by atoms with Gasteiger partial charge in [-0.15, -0.1) is 0 Å². The summed E-state index contributed by atoms with van der Waals surface area (Å²) in [6, 6.07) is 9.90. The molecule has 2 heterocycles. The van der Waals surface area contributed by atoms with Gasteiger partial charge >= 0.3 is 0 Å². The van der Waals surface area contributed by atoms with Crippen LogP contribution >= 0.6 is 11.3 Å². The number of nitrogen functional groups attached to an aromatic ring is 1. The number of aromatic nitrogens is 1. The zero-order valence-electron chi connectivity index (χ0n) is 11.7. The molecule has 1 aliphatic heterocycles. The summed E-state index contributed by atoms with van der Waals surface area (Å²) in [6.07, 6.45) is 2.53. The molecule has 1 saturated heterocycles. The van der Waals surface area contributed by atoms with E-state index in [1.54, 1.807) is 0 Å². The van der Waals surface area contributed by atoms with Gasteiger partial charge in [0.1, 0.15) is 5.69 Å². The Balaban J connectivity index is 1.67. The van der Waals surface area contributed by atoms with Crippen molar-refractivity contribution in [3.63, 3.8) is 0 Å². The van der Waals surface area contributed by atoms with Crippen molar-refractivity contribution in [3.05, 3.63) is 36.0 Å². The molecule has 1 saturated carbocycles. The van der Waals surface area contributed by atoms with E-state index >= 15 is 0 Å². The quantitative estimate of drug-likeness (QED) is 0.927. The van der Waals surface area contributed by atoms with E-state index < -0.39 is 0 Å². The minimum atomic E-state index is 0.0382. The largest absolute Gasteiger partial charge is 0.375 e. The van der Waals surface area contributed by atoms with Crippen LogP contribution in [0.25, 0.3) is 10.4 Å². The fourth-order valence-corrected chi connectivity index (χ4v) is 4.17. The Morgan fingerprint density at radius 1 is 1.19 bits per heavy atom. The number of thiazole rings is 1. The number of hydrogen-bond acceptors (Lipinski definition) is 4. The summed E-state index contributed by atoms with van der Waals surface area (Å²) in [6.45, 7) is 1.77. The minimum Gasteiger partial charge on any atom is -0.375 e. The molecule has 2 N–H and O–H groups in total. The molecular weight excluding hydrogens is 282 g/mol. The molecule has 0 unspecified atom stereocenters. The number of amides is 1. The smallest absolute Gasteiger partial charge is 0.274 e. The van der Waals surface area contributed by atoms with Crippen LogP contribution in [0.5, 0.6) is 0 Å². The molecule has 4 rings (SSSR count). The number of carbonyl (C=O) groups excluding carboxylic acids is 1. The molecule has 1 aliphatic carbocycles. The lowest BCUT2D eigenvalue weighted by Gasteiger charge is -2.27.